The van der Waals surface area contributed by atoms with Crippen LogP contribution < -0.4 is 9.64 Å². The van der Waals surface area contributed by atoms with E-state index in [1.807, 2.05) is 30.3 Å². The van der Waals surface area contributed by atoms with Gasteiger partial charge >= 0.3 is 0 Å². The highest BCUT2D eigenvalue weighted by Crippen LogP contribution is 2.34. The Balaban J connectivity index is 1.61. The molecular formula is C20H19BrN2O2. The SMILES string of the molecule is COc1cccc(N2CCO[C@@H]2c2ccn(-c3ccc(Br)cc3)c2)c1. The van der Waals surface area contributed by atoms with E-state index in [0.717, 1.165) is 33.7 Å². The van der Waals surface area contributed by atoms with Gasteiger partial charge in [0.15, 0.2) is 6.23 Å². The van der Waals surface area contributed by atoms with Gasteiger partial charge in [0.2, 0.25) is 0 Å². The zero-order valence-corrected chi connectivity index (χ0v) is 15.5. The molecule has 5 heteroatoms. The molecule has 0 spiro atoms. The lowest BCUT2D eigenvalue weighted by atomic mass is 10.2. The predicted octanol–water partition coefficient (Wildman–Crippen LogP) is 4.78. The maximum atomic E-state index is 6.01. The molecule has 1 fully saturated rings. The average Bonchev–Trinajstić information content (AvgIpc) is 3.31. The third-order valence-corrected chi connectivity index (χ3v) is 4.93. The van der Waals surface area contributed by atoms with E-state index in [1.54, 1.807) is 7.11 Å². The molecule has 4 rings (SSSR count). The van der Waals surface area contributed by atoms with Gasteiger partial charge in [-0.1, -0.05) is 22.0 Å². The van der Waals surface area contributed by atoms with Gasteiger partial charge in [0, 0.05) is 46.4 Å². The molecule has 4 nitrogen and oxygen atoms in total. The molecule has 0 amide bonds. The third-order valence-electron chi connectivity index (χ3n) is 4.40. The van der Waals surface area contributed by atoms with Gasteiger partial charge in [0.1, 0.15) is 5.75 Å². The lowest BCUT2D eigenvalue weighted by Gasteiger charge is -2.25. The van der Waals surface area contributed by atoms with Crippen LogP contribution in [0.1, 0.15) is 11.8 Å². The number of anilines is 1. The van der Waals surface area contributed by atoms with E-state index in [2.05, 4.69) is 62.1 Å². The Labute approximate surface area is 155 Å². The lowest BCUT2D eigenvalue weighted by Crippen LogP contribution is -2.22. The van der Waals surface area contributed by atoms with Crippen molar-refractivity contribution in [2.24, 2.45) is 0 Å². The summed E-state index contributed by atoms with van der Waals surface area (Å²) in [5, 5.41) is 0. The fraction of sp³-hybridized carbons (Fsp3) is 0.200. The summed E-state index contributed by atoms with van der Waals surface area (Å²) in [5.74, 6) is 0.857. The van der Waals surface area contributed by atoms with Gasteiger partial charge in [0.25, 0.3) is 0 Å². The second-order valence-corrected chi connectivity index (χ2v) is 6.86. The van der Waals surface area contributed by atoms with E-state index in [9.17, 15) is 0 Å². The normalized spacial score (nSPS) is 17.0. The van der Waals surface area contributed by atoms with Crippen molar-refractivity contribution in [3.8, 4) is 11.4 Å². The second-order valence-electron chi connectivity index (χ2n) is 5.95. The van der Waals surface area contributed by atoms with Crippen molar-refractivity contribution in [2.75, 3.05) is 25.2 Å². The van der Waals surface area contributed by atoms with Crippen LogP contribution in [0.25, 0.3) is 5.69 Å². The van der Waals surface area contributed by atoms with Crippen molar-refractivity contribution < 1.29 is 9.47 Å². The van der Waals surface area contributed by atoms with Crippen molar-refractivity contribution in [3.05, 3.63) is 77.0 Å². The Hall–Kier alpha value is -2.24. The summed E-state index contributed by atoms with van der Waals surface area (Å²) < 4.78 is 14.6. The summed E-state index contributed by atoms with van der Waals surface area (Å²) in [6.07, 6.45) is 4.12. The standard InChI is InChI=1S/C20H19BrN2O2/c1-24-19-4-2-3-18(13-19)23-11-12-25-20(23)15-9-10-22(14-15)17-7-5-16(21)6-8-17/h2-10,13-14,20H,11-12H2,1H3/t20-/m1/s1. The minimum Gasteiger partial charge on any atom is -0.497 e. The molecule has 3 aromatic rings. The van der Waals surface area contributed by atoms with Crippen molar-refractivity contribution in [3.63, 3.8) is 0 Å². The quantitative estimate of drug-likeness (QED) is 0.632. The Kier molecular flexibility index (Phi) is 4.51. The van der Waals surface area contributed by atoms with Crippen LogP contribution in [-0.4, -0.2) is 24.8 Å². The van der Waals surface area contributed by atoms with Gasteiger partial charge in [-0.05, 0) is 42.5 Å². The number of benzene rings is 2. The molecule has 0 radical (unpaired) electrons. The molecule has 2 heterocycles. The molecule has 1 saturated heterocycles. The molecule has 1 aromatic heterocycles. The highest BCUT2D eigenvalue weighted by Gasteiger charge is 2.28. The summed E-state index contributed by atoms with van der Waals surface area (Å²) in [6.45, 7) is 1.58. The number of hydrogen-bond donors (Lipinski definition) is 0. The minimum absolute atomic E-state index is 0.0798. The van der Waals surface area contributed by atoms with Crippen LogP contribution in [0.2, 0.25) is 0 Å². The molecule has 25 heavy (non-hydrogen) atoms. The molecular weight excluding hydrogens is 380 g/mol. The molecule has 2 aromatic carbocycles. The number of methoxy groups -OCH3 is 1. The molecule has 128 valence electrons. The Morgan fingerprint density at radius 1 is 1.08 bits per heavy atom. The number of hydrogen-bond acceptors (Lipinski definition) is 3. The van der Waals surface area contributed by atoms with Gasteiger partial charge in [-0.2, -0.15) is 0 Å². The first-order valence-corrected chi connectivity index (χ1v) is 9.00. The van der Waals surface area contributed by atoms with Gasteiger partial charge in [0.05, 0.1) is 13.7 Å². The van der Waals surface area contributed by atoms with Crippen molar-refractivity contribution >= 4 is 21.6 Å². The maximum absolute atomic E-state index is 6.01. The highest BCUT2D eigenvalue weighted by molar-refractivity contribution is 9.10. The monoisotopic (exact) mass is 398 g/mol. The smallest absolute Gasteiger partial charge is 0.158 e. The third kappa shape index (κ3) is 3.30. The fourth-order valence-electron chi connectivity index (χ4n) is 3.13. The molecule has 1 aliphatic heterocycles. The molecule has 1 aliphatic rings. The van der Waals surface area contributed by atoms with E-state index in [-0.39, 0.29) is 6.23 Å². The first-order chi connectivity index (χ1) is 12.2. The van der Waals surface area contributed by atoms with Crippen LogP contribution in [0.4, 0.5) is 5.69 Å². The zero-order chi connectivity index (χ0) is 17.2. The largest absolute Gasteiger partial charge is 0.497 e. The van der Waals surface area contributed by atoms with E-state index in [1.165, 1.54) is 0 Å². The Morgan fingerprint density at radius 3 is 2.72 bits per heavy atom. The average molecular weight is 399 g/mol. The number of halogens is 1. The van der Waals surface area contributed by atoms with E-state index < -0.39 is 0 Å². The number of aromatic nitrogens is 1. The van der Waals surface area contributed by atoms with E-state index in [0.29, 0.717) is 6.61 Å². The molecule has 1 atom stereocenters. The van der Waals surface area contributed by atoms with Gasteiger partial charge in [-0.3, -0.25) is 0 Å². The summed E-state index contributed by atoms with van der Waals surface area (Å²) >= 11 is 3.48. The molecule has 0 unspecified atom stereocenters. The number of ether oxygens (including phenoxy) is 2. The van der Waals surface area contributed by atoms with Gasteiger partial charge in [-0.25, -0.2) is 0 Å². The number of nitrogens with zero attached hydrogens (tertiary/aromatic N) is 2. The van der Waals surface area contributed by atoms with Crippen LogP contribution in [0.5, 0.6) is 5.75 Å². The van der Waals surface area contributed by atoms with Crippen molar-refractivity contribution in [1.29, 1.82) is 0 Å². The summed E-state index contributed by atoms with van der Waals surface area (Å²) in [6, 6.07) is 18.5. The second kappa shape index (κ2) is 6.94. The Bertz CT molecular complexity index is 860. The van der Waals surface area contributed by atoms with Gasteiger partial charge in [-0.15, -0.1) is 0 Å². The molecule has 0 aliphatic carbocycles. The van der Waals surface area contributed by atoms with Crippen molar-refractivity contribution in [1.82, 2.24) is 4.57 Å². The van der Waals surface area contributed by atoms with Crippen molar-refractivity contribution in [2.45, 2.75) is 6.23 Å². The maximum Gasteiger partial charge on any atom is 0.158 e. The summed E-state index contributed by atoms with van der Waals surface area (Å²) in [7, 11) is 1.69. The van der Waals surface area contributed by atoms with Crippen LogP contribution in [0, 0.1) is 0 Å². The first kappa shape index (κ1) is 16.2. The van der Waals surface area contributed by atoms with Gasteiger partial charge < -0.3 is 18.9 Å². The topological polar surface area (TPSA) is 26.6 Å². The highest BCUT2D eigenvalue weighted by atomic mass is 79.9. The van der Waals surface area contributed by atoms with Crippen LogP contribution in [-0.2, 0) is 4.74 Å². The molecule has 0 saturated carbocycles. The fourth-order valence-corrected chi connectivity index (χ4v) is 3.40. The predicted molar refractivity (Wildman–Crippen MR) is 103 cm³/mol. The lowest BCUT2D eigenvalue weighted by molar-refractivity contribution is 0.114. The summed E-state index contributed by atoms with van der Waals surface area (Å²) in [5.41, 5.74) is 3.38. The molecule has 0 N–H and O–H groups in total. The summed E-state index contributed by atoms with van der Waals surface area (Å²) in [4.78, 5) is 2.27. The van der Waals surface area contributed by atoms with Crippen LogP contribution >= 0.6 is 15.9 Å². The zero-order valence-electron chi connectivity index (χ0n) is 13.9. The minimum atomic E-state index is -0.0798. The first-order valence-electron chi connectivity index (χ1n) is 8.21. The van der Waals surface area contributed by atoms with E-state index >= 15 is 0 Å². The Morgan fingerprint density at radius 2 is 1.92 bits per heavy atom. The van der Waals surface area contributed by atoms with E-state index in [4.69, 9.17) is 9.47 Å². The molecule has 0 bridgehead atoms. The van der Waals surface area contributed by atoms with Crippen LogP contribution in [0.15, 0.2) is 71.5 Å². The number of rotatable bonds is 4. The van der Waals surface area contributed by atoms with Crippen LogP contribution in [0.3, 0.4) is 0 Å².